The summed E-state index contributed by atoms with van der Waals surface area (Å²) in [4.78, 5) is 4.35. The SMILES string of the molecule is CCc1nn(Cc2ccccc2F)c2ncccc12. The van der Waals surface area contributed by atoms with Crippen molar-refractivity contribution < 1.29 is 4.39 Å². The van der Waals surface area contributed by atoms with Crippen LogP contribution in [0, 0.1) is 5.82 Å². The molecule has 2 heterocycles. The molecule has 19 heavy (non-hydrogen) atoms. The number of hydrogen-bond acceptors (Lipinski definition) is 2. The molecule has 0 aliphatic carbocycles. The summed E-state index contributed by atoms with van der Waals surface area (Å²) in [7, 11) is 0. The van der Waals surface area contributed by atoms with Crippen LogP contribution in [0.3, 0.4) is 0 Å². The van der Waals surface area contributed by atoms with Crippen LogP contribution in [0.4, 0.5) is 4.39 Å². The predicted octanol–water partition coefficient (Wildman–Crippen LogP) is 3.18. The highest BCUT2D eigenvalue weighted by molar-refractivity contribution is 5.78. The third-order valence-corrected chi connectivity index (χ3v) is 3.20. The summed E-state index contributed by atoms with van der Waals surface area (Å²) >= 11 is 0. The van der Waals surface area contributed by atoms with Gasteiger partial charge in [-0.3, -0.25) is 0 Å². The largest absolute Gasteiger partial charge is 0.242 e. The first-order chi connectivity index (χ1) is 9.29. The molecule has 0 aliphatic heterocycles. The molecule has 0 bridgehead atoms. The molecule has 96 valence electrons. The van der Waals surface area contributed by atoms with Crippen LogP contribution in [0.1, 0.15) is 18.2 Å². The Hall–Kier alpha value is -2.23. The van der Waals surface area contributed by atoms with Gasteiger partial charge < -0.3 is 0 Å². The summed E-state index contributed by atoms with van der Waals surface area (Å²) in [6.45, 7) is 2.46. The third kappa shape index (κ3) is 2.10. The van der Waals surface area contributed by atoms with Crippen molar-refractivity contribution in [2.45, 2.75) is 19.9 Å². The van der Waals surface area contributed by atoms with Gasteiger partial charge in [0.25, 0.3) is 0 Å². The Balaban J connectivity index is 2.09. The van der Waals surface area contributed by atoms with Crippen molar-refractivity contribution in [3.8, 4) is 0 Å². The quantitative estimate of drug-likeness (QED) is 0.719. The fourth-order valence-electron chi connectivity index (χ4n) is 2.23. The zero-order valence-corrected chi connectivity index (χ0v) is 10.7. The summed E-state index contributed by atoms with van der Waals surface area (Å²) in [5.74, 6) is -0.208. The fraction of sp³-hybridized carbons (Fsp3) is 0.200. The first-order valence-electron chi connectivity index (χ1n) is 6.33. The Morgan fingerprint density at radius 1 is 1.16 bits per heavy atom. The average Bonchev–Trinajstić information content (AvgIpc) is 2.80. The monoisotopic (exact) mass is 255 g/mol. The molecule has 0 aliphatic rings. The molecule has 0 N–H and O–H groups in total. The van der Waals surface area contributed by atoms with Gasteiger partial charge in [0.05, 0.1) is 12.2 Å². The van der Waals surface area contributed by atoms with Crippen molar-refractivity contribution >= 4 is 11.0 Å². The lowest BCUT2D eigenvalue weighted by atomic mass is 10.2. The van der Waals surface area contributed by atoms with Crippen LogP contribution < -0.4 is 0 Å². The Morgan fingerprint density at radius 3 is 2.79 bits per heavy atom. The highest BCUT2D eigenvalue weighted by atomic mass is 19.1. The van der Waals surface area contributed by atoms with Crippen molar-refractivity contribution in [3.63, 3.8) is 0 Å². The lowest BCUT2D eigenvalue weighted by Gasteiger charge is -2.04. The van der Waals surface area contributed by atoms with Gasteiger partial charge in [-0.05, 0) is 24.6 Å². The molecule has 3 rings (SSSR count). The highest BCUT2D eigenvalue weighted by Crippen LogP contribution is 2.18. The van der Waals surface area contributed by atoms with Gasteiger partial charge in [0.15, 0.2) is 5.65 Å². The van der Waals surface area contributed by atoms with Crippen LogP contribution in [-0.2, 0) is 13.0 Å². The Labute approximate surface area is 110 Å². The highest BCUT2D eigenvalue weighted by Gasteiger charge is 2.11. The van der Waals surface area contributed by atoms with Gasteiger partial charge in [0, 0.05) is 17.1 Å². The van der Waals surface area contributed by atoms with Crippen LogP contribution in [-0.4, -0.2) is 14.8 Å². The van der Waals surface area contributed by atoms with E-state index in [-0.39, 0.29) is 5.82 Å². The van der Waals surface area contributed by atoms with E-state index in [4.69, 9.17) is 0 Å². The molecule has 0 spiro atoms. The molecule has 0 saturated carbocycles. The zero-order valence-electron chi connectivity index (χ0n) is 10.7. The first kappa shape index (κ1) is 11.8. The third-order valence-electron chi connectivity index (χ3n) is 3.20. The normalized spacial score (nSPS) is 11.1. The maximum Gasteiger partial charge on any atom is 0.158 e. The Kier molecular flexibility index (Phi) is 2.99. The van der Waals surface area contributed by atoms with Crippen molar-refractivity contribution in [2.24, 2.45) is 0 Å². The van der Waals surface area contributed by atoms with E-state index < -0.39 is 0 Å². The molecular weight excluding hydrogens is 241 g/mol. The van der Waals surface area contributed by atoms with Crippen molar-refractivity contribution in [1.29, 1.82) is 0 Å². The average molecular weight is 255 g/mol. The maximum atomic E-state index is 13.7. The van der Waals surface area contributed by atoms with E-state index in [2.05, 4.69) is 17.0 Å². The molecule has 0 amide bonds. The van der Waals surface area contributed by atoms with Crippen LogP contribution in [0.2, 0.25) is 0 Å². The van der Waals surface area contributed by atoms with Gasteiger partial charge in [-0.25, -0.2) is 14.1 Å². The van der Waals surface area contributed by atoms with E-state index in [0.29, 0.717) is 12.1 Å². The number of benzene rings is 1. The topological polar surface area (TPSA) is 30.7 Å². The molecule has 0 fully saturated rings. The molecule has 0 unspecified atom stereocenters. The van der Waals surface area contributed by atoms with E-state index in [9.17, 15) is 4.39 Å². The maximum absolute atomic E-state index is 13.7. The minimum absolute atomic E-state index is 0.208. The van der Waals surface area contributed by atoms with Gasteiger partial charge in [0.2, 0.25) is 0 Å². The summed E-state index contributed by atoms with van der Waals surface area (Å²) in [6.07, 6.45) is 2.58. The number of halogens is 1. The van der Waals surface area contributed by atoms with E-state index in [0.717, 1.165) is 23.1 Å². The molecule has 3 nitrogen and oxygen atoms in total. The number of aromatic nitrogens is 3. The second-order valence-corrected chi connectivity index (χ2v) is 4.42. The Morgan fingerprint density at radius 2 is 2.00 bits per heavy atom. The van der Waals surface area contributed by atoms with Gasteiger partial charge >= 0.3 is 0 Å². The fourth-order valence-corrected chi connectivity index (χ4v) is 2.23. The van der Waals surface area contributed by atoms with Crippen molar-refractivity contribution in [2.75, 3.05) is 0 Å². The van der Waals surface area contributed by atoms with Gasteiger partial charge in [0.1, 0.15) is 5.82 Å². The number of aryl methyl sites for hydroxylation is 1. The summed E-state index contributed by atoms with van der Waals surface area (Å²) in [5.41, 5.74) is 2.43. The Bertz CT molecular complexity index is 718. The van der Waals surface area contributed by atoms with E-state index in [1.54, 1.807) is 23.0 Å². The van der Waals surface area contributed by atoms with E-state index in [1.807, 2.05) is 18.2 Å². The summed E-state index contributed by atoms with van der Waals surface area (Å²) in [6, 6.07) is 10.7. The summed E-state index contributed by atoms with van der Waals surface area (Å²) < 4.78 is 15.5. The molecule has 0 atom stereocenters. The number of rotatable bonds is 3. The molecule has 4 heteroatoms. The van der Waals surface area contributed by atoms with Crippen LogP contribution in [0.5, 0.6) is 0 Å². The molecule has 0 saturated heterocycles. The summed E-state index contributed by atoms with van der Waals surface area (Å²) in [5, 5.41) is 5.57. The van der Waals surface area contributed by atoms with Crippen molar-refractivity contribution in [3.05, 3.63) is 59.7 Å². The van der Waals surface area contributed by atoms with E-state index >= 15 is 0 Å². The first-order valence-corrected chi connectivity index (χ1v) is 6.33. The van der Waals surface area contributed by atoms with Gasteiger partial charge in [-0.1, -0.05) is 25.1 Å². The lowest BCUT2D eigenvalue weighted by molar-refractivity contribution is 0.587. The second kappa shape index (κ2) is 4.80. The van der Waals surface area contributed by atoms with Crippen LogP contribution in [0.15, 0.2) is 42.6 Å². The minimum atomic E-state index is -0.208. The van der Waals surface area contributed by atoms with Crippen LogP contribution >= 0.6 is 0 Å². The number of hydrogen-bond donors (Lipinski definition) is 0. The number of fused-ring (bicyclic) bond motifs is 1. The number of pyridine rings is 1. The minimum Gasteiger partial charge on any atom is -0.242 e. The smallest absolute Gasteiger partial charge is 0.158 e. The van der Waals surface area contributed by atoms with Gasteiger partial charge in [-0.15, -0.1) is 0 Å². The zero-order chi connectivity index (χ0) is 13.2. The molecular formula is C15H14FN3. The lowest BCUT2D eigenvalue weighted by Crippen LogP contribution is -2.04. The van der Waals surface area contributed by atoms with E-state index in [1.165, 1.54) is 6.07 Å². The molecule has 1 aromatic carbocycles. The molecule has 3 aromatic rings. The van der Waals surface area contributed by atoms with Crippen LogP contribution in [0.25, 0.3) is 11.0 Å². The van der Waals surface area contributed by atoms with Crippen molar-refractivity contribution in [1.82, 2.24) is 14.8 Å². The second-order valence-electron chi connectivity index (χ2n) is 4.42. The number of nitrogens with zero attached hydrogens (tertiary/aromatic N) is 3. The molecule has 2 aromatic heterocycles. The van der Waals surface area contributed by atoms with Gasteiger partial charge in [-0.2, -0.15) is 5.10 Å². The standard InChI is InChI=1S/C15H14FN3/c1-2-14-12-7-5-9-17-15(12)19(18-14)10-11-6-3-4-8-13(11)16/h3-9H,2,10H2,1H3. The predicted molar refractivity (Wildman–Crippen MR) is 72.4 cm³/mol. The molecule has 0 radical (unpaired) electrons.